The van der Waals surface area contributed by atoms with Gasteiger partial charge in [0, 0.05) is 12.6 Å². The topological polar surface area (TPSA) is 89.9 Å². The van der Waals surface area contributed by atoms with E-state index in [1.807, 2.05) is 6.92 Å². The van der Waals surface area contributed by atoms with E-state index in [9.17, 15) is 9.59 Å². The molecule has 0 aromatic carbocycles. The van der Waals surface area contributed by atoms with Crippen LogP contribution in [-0.4, -0.2) is 52.3 Å². The van der Waals surface area contributed by atoms with Crippen molar-refractivity contribution in [1.82, 2.24) is 10.2 Å². The van der Waals surface area contributed by atoms with Crippen molar-refractivity contribution >= 4 is 12.0 Å². The molecule has 104 valence electrons. The van der Waals surface area contributed by atoms with Crippen LogP contribution in [0.1, 0.15) is 33.1 Å². The second-order valence-corrected chi connectivity index (χ2v) is 4.80. The standard InChI is InChI=1S/C12H22N2O4/c1-3-8(2)10(11(16)17)13-12(18)14(6-7-15)9-4-5-9/h8-10,15H,3-7H2,1-2H3,(H,13,18)(H,16,17)/t8-,10-/m0/s1. The molecule has 6 heteroatoms. The number of hydrogen-bond donors (Lipinski definition) is 3. The fourth-order valence-corrected chi connectivity index (χ4v) is 1.84. The lowest BCUT2D eigenvalue weighted by molar-refractivity contribution is -0.140. The van der Waals surface area contributed by atoms with Crippen LogP contribution in [0.2, 0.25) is 0 Å². The number of nitrogens with one attached hydrogen (secondary N) is 1. The third-order valence-electron chi connectivity index (χ3n) is 3.35. The first-order valence-electron chi connectivity index (χ1n) is 6.42. The highest BCUT2D eigenvalue weighted by molar-refractivity contribution is 5.83. The number of nitrogens with zero attached hydrogens (tertiary/aromatic N) is 1. The van der Waals surface area contributed by atoms with E-state index in [0.29, 0.717) is 6.42 Å². The minimum Gasteiger partial charge on any atom is -0.480 e. The average Bonchev–Trinajstić information content (AvgIpc) is 3.15. The van der Waals surface area contributed by atoms with Crippen molar-refractivity contribution in [1.29, 1.82) is 0 Å². The minimum absolute atomic E-state index is 0.106. The number of amides is 2. The Kier molecular flexibility index (Phi) is 5.40. The van der Waals surface area contributed by atoms with E-state index in [2.05, 4.69) is 5.32 Å². The lowest BCUT2D eigenvalue weighted by Gasteiger charge is -2.26. The molecule has 0 unspecified atom stereocenters. The van der Waals surface area contributed by atoms with Crippen LogP contribution in [0.15, 0.2) is 0 Å². The van der Waals surface area contributed by atoms with E-state index in [0.717, 1.165) is 12.8 Å². The summed E-state index contributed by atoms with van der Waals surface area (Å²) in [6.45, 7) is 3.83. The van der Waals surface area contributed by atoms with Gasteiger partial charge in [-0.25, -0.2) is 9.59 Å². The van der Waals surface area contributed by atoms with Crippen LogP contribution in [0.4, 0.5) is 4.79 Å². The van der Waals surface area contributed by atoms with Gasteiger partial charge in [0.25, 0.3) is 0 Å². The number of carboxylic acid groups (broad SMARTS) is 1. The van der Waals surface area contributed by atoms with Crippen molar-refractivity contribution in [2.75, 3.05) is 13.2 Å². The molecule has 0 aromatic heterocycles. The summed E-state index contributed by atoms with van der Waals surface area (Å²) in [6, 6.07) is -1.11. The maximum atomic E-state index is 12.0. The molecule has 0 saturated heterocycles. The van der Waals surface area contributed by atoms with E-state index in [-0.39, 0.29) is 31.1 Å². The van der Waals surface area contributed by atoms with Gasteiger partial charge in [-0.3, -0.25) is 0 Å². The normalized spacial score (nSPS) is 17.9. The zero-order chi connectivity index (χ0) is 13.7. The Labute approximate surface area is 107 Å². The first-order chi connectivity index (χ1) is 8.51. The molecular weight excluding hydrogens is 236 g/mol. The highest BCUT2D eigenvalue weighted by Crippen LogP contribution is 2.26. The fourth-order valence-electron chi connectivity index (χ4n) is 1.84. The summed E-state index contributed by atoms with van der Waals surface area (Å²) in [5.41, 5.74) is 0. The van der Waals surface area contributed by atoms with E-state index < -0.39 is 12.0 Å². The molecular formula is C12H22N2O4. The summed E-state index contributed by atoms with van der Waals surface area (Å²) in [5.74, 6) is -1.14. The molecule has 2 atom stereocenters. The fraction of sp³-hybridized carbons (Fsp3) is 0.833. The number of carbonyl (C=O) groups is 2. The lowest BCUT2D eigenvalue weighted by atomic mass is 9.99. The SMILES string of the molecule is CC[C@H](C)[C@H](NC(=O)N(CCO)C1CC1)C(=O)O. The predicted octanol–water partition coefficient (Wildman–Crippen LogP) is 0.652. The molecule has 0 aromatic rings. The van der Waals surface area contributed by atoms with Crippen LogP contribution in [0.5, 0.6) is 0 Å². The Hall–Kier alpha value is -1.30. The second kappa shape index (κ2) is 6.58. The number of aliphatic hydroxyl groups excluding tert-OH is 1. The van der Waals surface area contributed by atoms with Gasteiger partial charge in [0.1, 0.15) is 6.04 Å². The molecule has 1 fully saturated rings. The van der Waals surface area contributed by atoms with Crippen LogP contribution in [0.3, 0.4) is 0 Å². The Morgan fingerprint density at radius 2 is 2.06 bits per heavy atom. The van der Waals surface area contributed by atoms with Gasteiger partial charge in [0.2, 0.25) is 0 Å². The number of urea groups is 1. The van der Waals surface area contributed by atoms with Gasteiger partial charge in [-0.1, -0.05) is 20.3 Å². The van der Waals surface area contributed by atoms with Crippen molar-refractivity contribution in [3.8, 4) is 0 Å². The number of aliphatic hydroxyl groups is 1. The molecule has 1 saturated carbocycles. The van der Waals surface area contributed by atoms with Gasteiger partial charge in [0.15, 0.2) is 0 Å². The molecule has 0 spiro atoms. The zero-order valence-corrected chi connectivity index (χ0v) is 10.9. The summed E-state index contributed by atoms with van der Waals surface area (Å²) in [7, 11) is 0. The van der Waals surface area contributed by atoms with E-state index in [1.165, 1.54) is 4.90 Å². The summed E-state index contributed by atoms with van der Waals surface area (Å²) >= 11 is 0. The summed E-state index contributed by atoms with van der Waals surface area (Å²) in [4.78, 5) is 24.6. The summed E-state index contributed by atoms with van der Waals surface area (Å²) in [5, 5.41) is 20.6. The molecule has 0 radical (unpaired) electrons. The number of rotatable bonds is 7. The van der Waals surface area contributed by atoms with Gasteiger partial charge < -0.3 is 20.4 Å². The number of carboxylic acids is 1. The van der Waals surface area contributed by atoms with Crippen molar-refractivity contribution in [3.05, 3.63) is 0 Å². The van der Waals surface area contributed by atoms with E-state index in [1.54, 1.807) is 6.92 Å². The predicted molar refractivity (Wildman–Crippen MR) is 66.2 cm³/mol. The van der Waals surface area contributed by atoms with Gasteiger partial charge in [-0.2, -0.15) is 0 Å². The molecule has 2 amide bonds. The molecule has 1 rings (SSSR count). The average molecular weight is 258 g/mol. The van der Waals surface area contributed by atoms with Crippen LogP contribution in [-0.2, 0) is 4.79 Å². The van der Waals surface area contributed by atoms with E-state index >= 15 is 0 Å². The maximum absolute atomic E-state index is 12.0. The number of carbonyl (C=O) groups excluding carboxylic acids is 1. The molecule has 1 aliphatic rings. The number of hydrogen-bond acceptors (Lipinski definition) is 3. The Morgan fingerprint density at radius 1 is 1.44 bits per heavy atom. The van der Waals surface area contributed by atoms with Crippen LogP contribution in [0, 0.1) is 5.92 Å². The van der Waals surface area contributed by atoms with Crippen LogP contribution in [0.25, 0.3) is 0 Å². The van der Waals surface area contributed by atoms with Crippen molar-refractivity contribution < 1.29 is 19.8 Å². The van der Waals surface area contributed by atoms with Crippen LogP contribution >= 0.6 is 0 Å². The summed E-state index contributed by atoms with van der Waals surface area (Å²) in [6.07, 6.45) is 2.53. The number of aliphatic carboxylic acids is 1. The van der Waals surface area contributed by atoms with Gasteiger partial charge in [0.05, 0.1) is 6.61 Å². The maximum Gasteiger partial charge on any atom is 0.326 e. The molecule has 0 aliphatic heterocycles. The van der Waals surface area contributed by atoms with E-state index in [4.69, 9.17) is 10.2 Å². The minimum atomic E-state index is -1.02. The zero-order valence-electron chi connectivity index (χ0n) is 10.9. The molecule has 1 aliphatic carbocycles. The highest BCUT2D eigenvalue weighted by atomic mass is 16.4. The highest BCUT2D eigenvalue weighted by Gasteiger charge is 2.34. The van der Waals surface area contributed by atoms with Gasteiger partial charge >= 0.3 is 12.0 Å². The van der Waals surface area contributed by atoms with Crippen molar-refractivity contribution in [2.45, 2.75) is 45.2 Å². The molecule has 3 N–H and O–H groups in total. The molecule has 0 heterocycles. The van der Waals surface area contributed by atoms with Crippen molar-refractivity contribution in [3.63, 3.8) is 0 Å². The van der Waals surface area contributed by atoms with Gasteiger partial charge in [-0.15, -0.1) is 0 Å². The lowest BCUT2D eigenvalue weighted by Crippen LogP contribution is -2.51. The smallest absolute Gasteiger partial charge is 0.326 e. The molecule has 18 heavy (non-hydrogen) atoms. The molecule has 0 bridgehead atoms. The third kappa shape index (κ3) is 3.87. The van der Waals surface area contributed by atoms with Gasteiger partial charge in [-0.05, 0) is 18.8 Å². The Balaban J connectivity index is 2.61. The monoisotopic (exact) mass is 258 g/mol. The Bertz CT molecular complexity index is 304. The third-order valence-corrected chi connectivity index (χ3v) is 3.35. The largest absolute Gasteiger partial charge is 0.480 e. The van der Waals surface area contributed by atoms with Crippen LogP contribution < -0.4 is 5.32 Å². The van der Waals surface area contributed by atoms with Crippen molar-refractivity contribution in [2.24, 2.45) is 5.92 Å². The first kappa shape index (κ1) is 14.8. The first-order valence-corrected chi connectivity index (χ1v) is 6.42. The summed E-state index contributed by atoms with van der Waals surface area (Å²) < 4.78 is 0. The quantitative estimate of drug-likeness (QED) is 0.625. The Morgan fingerprint density at radius 3 is 2.44 bits per heavy atom. The molecule has 6 nitrogen and oxygen atoms in total. The second-order valence-electron chi connectivity index (χ2n) is 4.80.